The molecule has 0 aliphatic rings. The number of Topliss-reactive ketones (excluding diaryl/α,β-unsaturated/α-hetero) is 1. The molecule has 1 N–H and O–H groups in total. The summed E-state index contributed by atoms with van der Waals surface area (Å²) < 4.78 is 2.15. The Morgan fingerprint density at radius 3 is 2.69 bits per heavy atom. The van der Waals surface area contributed by atoms with E-state index in [0.717, 1.165) is 5.56 Å². The molecule has 0 saturated heterocycles. The van der Waals surface area contributed by atoms with Crippen molar-refractivity contribution < 1.29 is 9.59 Å². The second kappa shape index (κ2) is 9.19. The van der Waals surface area contributed by atoms with Gasteiger partial charge >= 0.3 is 0 Å². The number of hydrogen-bond acceptors (Lipinski definition) is 6. The van der Waals surface area contributed by atoms with Gasteiger partial charge in [-0.15, -0.1) is 17.9 Å². The number of aromatic nitrogens is 2. The van der Waals surface area contributed by atoms with Crippen LogP contribution in [0.3, 0.4) is 0 Å². The number of ketones is 1. The van der Waals surface area contributed by atoms with Crippen LogP contribution in [0.4, 0.5) is 0 Å². The van der Waals surface area contributed by atoms with Crippen LogP contribution in [-0.2, 0) is 11.3 Å². The lowest BCUT2D eigenvalue weighted by Crippen LogP contribution is -2.23. The van der Waals surface area contributed by atoms with Gasteiger partial charge in [0, 0.05) is 19.0 Å². The molecule has 3 rings (SSSR count). The minimum absolute atomic E-state index is 0.0569. The zero-order valence-electron chi connectivity index (χ0n) is 16.2. The number of nitrogens with zero attached hydrogens (tertiary/aromatic N) is 2. The highest BCUT2D eigenvalue weighted by Gasteiger charge is 2.15. The summed E-state index contributed by atoms with van der Waals surface area (Å²) in [7, 11) is 0. The summed E-state index contributed by atoms with van der Waals surface area (Å²) >= 11 is 2.60. The first-order chi connectivity index (χ1) is 13.9. The Hall–Kier alpha value is -2.71. The maximum atomic E-state index is 12.7. The van der Waals surface area contributed by atoms with E-state index in [1.54, 1.807) is 28.8 Å². The van der Waals surface area contributed by atoms with E-state index >= 15 is 0 Å². The van der Waals surface area contributed by atoms with E-state index in [9.17, 15) is 14.4 Å². The number of rotatable bonds is 8. The molecule has 0 bridgehead atoms. The zero-order chi connectivity index (χ0) is 21.0. The van der Waals surface area contributed by atoms with Crippen LogP contribution in [0.1, 0.15) is 35.8 Å². The van der Waals surface area contributed by atoms with Crippen molar-refractivity contribution in [1.29, 1.82) is 0 Å². The lowest BCUT2D eigenvalue weighted by atomic mass is 10.0. The van der Waals surface area contributed by atoms with Gasteiger partial charge in [0.25, 0.3) is 5.56 Å². The van der Waals surface area contributed by atoms with Gasteiger partial charge in [-0.2, -0.15) is 0 Å². The van der Waals surface area contributed by atoms with Gasteiger partial charge in [-0.1, -0.05) is 42.1 Å². The highest BCUT2D eigenvalue weighted by Crippen LogP contribution is 2.22. The molecular formula is C21H21N3O3S2. The van der Waals surface area contributed by atoms with Crippen LogP contribution < -0.4 is 10.9 Å². The second-order valence-corrected chi connectivity index (χ2v) is 8.35. The van der Waals surface area contributed by atoms with E-state index < -0.39 is 0 Å². The summed E-state index contributed by atoms with van der Waals surface area (Å²) in [4.78, 5) is 41.0. The Balaban J connectivity index is 1.75. The normalized spacial score (nSPS) is 11.9. The smallest absolute Gasteiger partial charge is 0.272 e. The molecule has 150 valence electrons. The summed E-state index contributed by atoms with van der Waals surface area (Å²) in [5.74, 6) is 0.00747. The molecule has 0 aliphatic heterocycles. The molecule has 6 nitrogen and oxygen atoms in total. The first-order valence-electron chi connectivity index (χ1n) is 9.02. The Bertz CT molecular complexity index is 1120. The number of thiophene rings is 1. The third-order valence-electron chi connectivity index (χ3n) is 4.33. The number of carbonyl (C=O) groups is 2. The quantitative estimate of drug-likeness (QED) is 0.256. The molecule has 1 aromatic carbocycles. The molecule has 0 aliphatic carbocycles. The predicted molar refractivity (Wildman–Crippen MR) is 118 cm³/mol. The van der Waals surface area contributed by atoms with Crippen molar-refractivity contribution in [3.63, 3.8) is 0 Å². The SMILES string of the molecule is C=CCn1c(SCC(=O)c2ccc(C(C)NC(C)=O)cc2)nc2ccsc2c1=O. The molecular weight excluding hydrogens is 406 g/mol. The zero-order valence-corrected chi connectivity index (χ0v) is 17.8. The van der Waals surface area contributed by atoms with Crippen molar-refractivity contribution in [2.75, 3.05) is 5.75 Å². The largest absolute Gasteiger partial charge is 0.350 e. The third-order valence-corrected chi connectivity index (χ3v) is 6.20. The standard InChI is InChI=1S/C21H21N3O3S2/c1-4-10-24-20(27)19-17(9-11-28-19)23-21(24)29-12-18(26)16-7-5-15(6-8-16)13(2)22-14(3)25/h4-9,11,13H,1,10,12H2,2-3H3,(H,22,25). The van der Waals surface area contributed by atoms with Crippen molar-refractivity contribution in [1.82, 2.24) is 14.9 Å². The first-order valence-corrected chi connectivity index (χ1v) is 10.9. The minimum atomic E-state index is -0.124. The molecule has 29 heavy (non-hydrogen) atoms. The highest BCUT2D eigenvalue weighted by atomic mass is 32.2. The van der Waals surface area contributed by atoms with Gasteiger partial charge < -0.3 is 5.32 Å². The maximum Gasteiger partial charge on any atom is 0.272 e. The average molecular weight is 428 g/mol. The van der Waals surface area contributed by atoms with Gasteiger partial charge in [-0.25, -0.2) is 4.98 Å². The van der Waals surface area contributed by atoms with Crippen LogP contribution in [0.2, 0.25) is 0 Å². The molecule has 0 spiro atoms. The summed E-state index contributed by atoms with van der Waals surface area (Å²) in [6.45, 7) is 7.40. The highest BCUT2D eigenvalue weighted by molar-refractivity contribution is 7.99. The van der Waals surface area contributed by atoms with Crippen LogP contribution in [0.5, 0.6) is 0 Å². The van der Waals surface area contributed by atoms with Crippen LogP contribution in [0, 0.1) is 0 Å². The summed E-state index contributed by atoms with van der Waals surface area (Å²) in [5, 5.41) is 5.15. The van der Waals surface area contributed by atoms with Crippen LogP contribution in [-0.4, -0.2) is 27.0 Å². The first kappa shape index (κ1) is 21.0. The van der Waals surface area contributed by atoms with Crippen LogP contribution in [0.15, 0.2) is 58.3 Å². The number of fused-ring (bicyclic) bond motifs is 1. The Morgan fingerprint density at radius 1 is 1.31 bits per heavy atom. The van der Waals surface area contributed by atoms with E-state index in [2.05, 4.69) is 16.9 Å². The molecule has 2 aromatic heterocycles. The van der Waals surface area contributed by atoms with Crippen molar-refractivity contribution >= 4 is 45.0 Å². The molecule has 8 heteroatoms. The minimum Gasteiger partial charge on any atom is -0.350 e. The Morgan fingerprint density at radius 2 is 2.03 bits per heavy atom. The molecule has 1 amide bonds. The van der Waals surface area contributed by atoms with Gasteiger partial charge in [0.05, 0.1) is 17.3 Å². The molecule has 0 fully saturated rings. The number of allylic oxidation sites excluding steroid dienone is 1. The molecule has 1 atom stereocenters. The van der Waals surface area contributed by atoms with Crippen molar-refractivity contribution in [2.45, 2.75) is 31.6 Å². The van der Waals surface area contributed by atoms with Crippen LogP contribution in [0.25, 0.3) is 10.2 Å². The Labute approximate surface area is 176 Å². The lowest BCUT2D eigenvalue weighted by molar-refractivity contribution is -0.119. The fourth-order valence-electron chi connectivity index (χ4n) is 2.88. The van der Waals surface area contributed by atoms with Crippen molar-refractivity contribution in [3.05, 3.63) is 69.8 Å². The summed E-state index contributed by atoms with van der Waals surface area (Å²) in [6.07, 6.45) is 1.64. The van der Waals surface area contributed by atoms with Gasteiger partial charge in [0.2, 0.25) is 5.91 Å². The van der Waals surface area contributed by atoms with Crippen molar-refractivity contribution in [3.8, 4) is 0 Å². The summed E-state index contributed by atoms with van der Waals surface area (Å²) in [5.41, 5.74) is 2.03. The van der Waals surface area contributed by atoms with Gasteiger partial charge in [-0.05, 0) is 23.9 Å². The van der Waals surface area contributed by atoms with E-state index in [4.69, 9.17) is 0 Å². The summed E-state index contributed by atoms with van der Waals surface area (Å²) in [6, 6.07) is 8.86. The number of thioether (sulfide) groups is 1. The van der Waals surface area contributed by atoms with Crippen LogP contribution >= 0.6 is 23.1 Å². The van der Waals surface area contributed by atoms with E-state index in [-0.39, 0.29) is 29.0 Å². The second-order valence-electron chi connectivity index (χ2n) is 6.49. The number of benzene rings is 1. The topological polar surface area (TPSA) is 81.1 Å². The fourth-order valence-corrected chi connectivity index (χ4v) is 4.56. The lowest BCUT2D eigenvalue weighted by Gasteiger charge is -2.13. The third kappa shape index (κ3) is 4.83. The van der Waals surface area contributed by atoms with E-state index in [1.165, 1.54) is 30.0 Å². The monoisotopic (exact) mass is 427 g/mol. The fraction of sp³-hybridized carbons (Fsp3) is 0.238. The number of hydrogen-bond donors (Lipinski definition) is 1. The number of nitrogens with one attached hydrogen (secondary N) is 1. The Kier molecular flexibility index (Phi) is 6.66. The predicted octanol–water partition coefficient (Wildman–Crippen LogP) is 3.82. The van der Waals surface area contributed by atoms with E-state index in [1.807, 2.05) is 24.4 Å². The van der Waals surface area contributed by atoms with Gasteiger partial charge in [0.15, 0.2) is 10.9 Å². The molecule has 3 aromatic rings. The molecule has 2 heterocycles. The van der Waals surface area contributed by atoms with Crippen molar-refractivity contribution in [2.24, 2.45) is 0 Å². The molecule has 0 saturated carbocycles. The number of carbonyl (C=O) groups excluding carboxylic acids is 2. The molecule has 1 unspecified atom stereocenters. The van der Waals surface area contributed by atoms with Gasteiger partial charge in [-0.3, -0.25) is 19.0 Å². The van der Waals surface area contributed by atoms with E-state index in [0.29, 0.717) is 27.5 Å². The average Bonchev–Trinajstić information content (AvgIpc) is 3.17. The number of amides is 1. The maximum absolute atomic E-state index is 12.7. The van der Waals surface area contributed by atoms with Gasteiger partial charge in [0.1, 0.15) is 4.70 Å². The molecule has 0 radical (unpaired) electrons.